The molecule has 0 spiro atoms. The smallest absolute Gasteiger partial charge is 0.250 e. The van der Waals surface area contributed by atoms with Crippen LogP contribution >= 0.6 is 46.5 Å². The van der Waals surface area contributed by atoms with Crippen molar-refractivity contribution in [1.82, 2.24) is 15.6 Å². The van der Waals surface area contributed by atoms with Crippen molar-refractivity contribution in [3.63, 3.8) is 0 Å². The lowest BCUT2D eigenvalue weighted by Crippen LogP contribution is -2.19. The van der Waals surface area contributed by atoms with Crippen LogP contribution in [-0.2, 0) is 10.5 Å². The molecule has 9 heteroatoms. The van der Waals surface area contributed by atoms with Gasteiger partial charge in [-0.1, -0.05) is 119 Å². The van der Waals surface area contributed by atoms with E-state index in [0.717, 1.165) is 20.0 Å². The van der Waals surface area contributed by atoms with Crippen LogP contribution < -0.4 is 5.43 Å². The summed E-state index contributed by atoms with van der Waals surface area (Å²) in [6, 6.07) is 24.3. The van der Waals surface area contributed by atoms with Crippen LogP contribution in [0.3, 0.4) is 0 Å². The van der Waals surface area contributed by atoms with Gasteiger partial charge in [0.2, 0.25) is 0 Å². The Hall–Kier alpha value is -2.65. The van der Waals surface area contributed by atoms with Crippen molar-refractivity contribution in [3.05, 3.63) is 89.0 Å². The molecule has 33 heavy (non-hydrogen) atoms. The molecule has 0 aliphatic heterocycles. The van der Waals surface area contributed by atoms with E-state index in [2.05, 4.69) is 57.1 Å². The van der Waals surface area contributed by atoms with Crippen LogP contribution in [0.15, 0.2) is 91.6 Å². The number of hydrogen-bond acceptors (Lipinski definition) is 7. The average molecular weight is 511 g/mol. The number of carbonyl (C=O) groups is 1. The lowest BCUT2D eigenvalue weighted by Gasteiger charge is -2.04. The molecule has 0 aliphatic rings. The maximum Gasteiger partial charge on any atom is 0.250 e. The van der Waals surface area contributed by atoms with E-state index in [-0.39, 0.29) is 11.7 Å². The van der Waals surface area contributed by atoms with Gasteiger partial charge in [-0.05, 0) is 28.0 Å². The Morgan fingerprint density at radius 1 is 0.970 bits per heavy atom. The molecule has 0 atom stereocenters. The lowest BCUT2D eigenvalue weighted by molar-refractivity contribution is -0.118. The molecule has 0 radical (unpaired) electrons. The van der Waals surface area contributed by atoms with Crippen molar-refractivity contribution in [2.24, 2.45) is 5.10 Å². The fourth-order valence-corrected chi connectivity index (χ4v) is 5.93. The van der Waals surface area contributed by atoms with E-state index in [0.29, 0.717) is 5.03 Å². The molecule has 5 nitrogen and oxygen atoms in total. The van der Waals surface area contributed by atoms with Crippen molar-refractivity contribution in [3.8, 4) is 0 Å². The number of rotatable bonds is 9. The number of aromatic nitrogens is 2. The quantitative estimate of drug-likeness (QED) is 0.159. The van der Waals surface area contributed by atoms with Gasteiger partial charge in [-0.15, -0.1) is 10.2 Å². The standard InChI is InChI=1S/C24H19ClN4OS3/c25-20(13-17-7-2-1-3-8-17)14-26-27-22(30)16-32-24-29-28-23(33-24)31-15-19-11-6-10-18-9-4-5-12-21(18)19/h1-14H,15-16H2,(H,27,30)/b20-13+,26-14-. The summed E-state index contributed by atoms with van der Waals surface area (Å²) >= 11 is 10.6. The van der Waals surface area contributed by atoms with Gasteiger partial charge in [0.05, 0.1) is 17.0 Å². The Morgan fingerprint density at radius 2 is 1.70 bits per heavy atom. The van der Waals surface area contributed by atoms with Crippen LogP contribution in [-0.4, -0.2) is 28.1 Å². The van der Waals surface area contributed by atoms with Crippen LogP contribution in [0.5, 0.6) is 0 Å². The normalized spacial score (nSPS) is 11.8. The molecule has 0 aliphatic carbocycles. The molecule has 1 N–H and O–H groups in total. The second-order valence-electron chi connectivity index (χ2n) is 6.78. The Labute approximate surface area is 209 Å². The molecule has 1 amide bonds. The predicted molar refractivity (Wildman–Crippen MR) is 141 cm³/mol. The summed E-state index contributed by atoms with van der Waals surface area (Å²) in [5.74, 6) is 0.771. The molecular formula is C24H19ClN4OS3. The highest BCUT2D eigenvalue weighted by molar-refractivity contribution is 8.03. The van der Waals surface area contributed by atoms with E-state index in [4.69, 9.17) is 11.6 Å². The number of nitrogens with zero attached hydrogens (tertiary/aromatic N) is 3. The zero-order chi connectivity index (χ0) is 22.9. The minimum absolute atomic E-state index is 0.194. The molecular weight excluding hydrogens is 492 g/mol. The molecule has 3 aromatic carbocycles. The number of nitrogens with one attached hydrogen (secondary N) is 1. The van der Waals surface area contributed by atoms with Gasteiger partial charge in [-0.25, -0.2) is 5.43 Å². The third kappa shape index (κ3) is 7.17. The minimum Gasteiger partial charge on any atom is -0.272 e. The number of hydrogen-bond donors (Lipinski definition) is 1. The average Bonchev–Trinajstić information content (AvgIpc) is 3.30. The summed E-state index contributed by atoms with van der Waals surface area (Å²) in [5.41, 5.74) is 4.70. The van der Waals surface area contributed by atoms with Gasteiger partial charge in [0.1, 0.15) is 0 Å². The van der Waals surface area contributed by atoms with Gasteiger partial charge in [0, 0.05) is 5.75 Å². The van der Waals surface area contributed by atoms with Gasteiger partial charge in [0.15, 0.2) is 8.68 Å². The van der Waals surface area contributed by atoms with Gasteiger partial charge < -0.3 is 0 Å². The number of carbonyl (C=O) groups excluding carboxylic acids is 1. The maximum atomic E-state index is 12.0. The van der Waals surface area contributed by atoms with Crippen LogP contribution in [0.2, 0.25) is 0 Å². The number of thioether (sulfide) groups is 2. The second-order valence-corrected chi connectivity index (χ2v) is 10.6. The molecule has 1 heterocycles. The molecule has 166 valence electrons. The zero-order valence-corrected chi connectivity index (χ0v) is 20.6. The Bertz CT molecular complexity index is 1290. The third-order valence-electron chi connectivity index (χ3n) is 4.43. The SMILES string of the molecule is O=C(CSc1nnc(SCc2cccc3ccccc23)s1)N/N=C\C(Cl)=C/c1ccccc1. The summed E-state index contributed by atoms with van der Waals surface area (Å²) in [6.07, 6.45) is 3.18. The molecule has 0 bridgehead atoms. The number of amides is 1. The number of allylic oxidation sites excluding steroid dienone is 1. The molecule has 4 rings (SSSR count). The summed E-state index contributed by atoms with van der Waals surface area (Å²) in [6.45, 7) is 0. The number of benzene rings is 3. The van der Waals surface area contributed by atoms with E-state index in [1.165, 1.54) is 45.6 Å². The summed E-state index contributed by atoms with van der Waals surface area (Å²) in [5, 5.41) is 15.2. The fraction of sp³-hybridized carbons (Fsp3) is 0.0833. The number of fused-ring (bicyclic) bond motifs is 1. The number of hydrazone groups is 1. The van der Waals surface area contributed by atoms with Crippen LogP contribution in [0, 0.1) is 0 Å². The van der Waals surface area contributed by atoms with Crippen LogP contribution in [0.4, 0.5) is 0 Å². The van der Waals surface area contributed by atoms with Gasteiger partial charge >= 0.3 is 0 Å². The fourth-order valence-electron chi connectivity index (χ4n) is 2.94. The minimum atomic E-state index is -0.236. The summed E-state index contributed by atoms with van der Waals surface area (Å²) in [7, 11) is 0. The maximum absolute atomic E-state index is 12.0. The monoisotopic (exact) mass is 510 g/mol. The molecule has 0 saturated heterocycles. The molecule has 1 aromatic heterocycles. The lowest BCUT2D eigenvalue weighted by atomic mass is 10.1. The van der Waals surface area contributed by atoms with E-state index < -0.39 is 0 Å². The van der Waals surface area contributed by atoms with E-state index in [9.17, 15) is 4.79 Å². The Morgan fingerprint density at radius 3 is 2.55 bits per heavy atom. The van der Waals surface area contributed by atoms with Gasteiger partial charge in [0.25, 0.3) is 5.91 Å². The van der Waals surface area contributed by atoms with E-state index >= 15 is 0 Å². The Kier molecular flexibility index (Phi) is 8.54. The first-order chi connectivity index (χ1) is 16.2. The van der Waals surface area contributed by atoms with Gasteiger partial charge in [-0.3, -0.25) is 4.79 Å². The topological polar surface area (TPSA) is 67.2 Å². The van der Waals surface area contributed by atoms with Crippen molar-refractivity contribution in [2.75, 3.05) is 5.75 Å². The van der Waals surface area contributed by atoms with Crippen molar-refractivity contribution in [2.45, 2.75) is 14.4 Å². The van der Waals surface area contributed by atoms with Crippen LogP contribution in [0.25, 0.3) is 16.8 Å². The second kappa shape index (κ2) is 12.0. The first kappa shape index (κ1) is 23.5. The van der Waals surface area contributed by atoms with Crippen molar-refractivity contribution in [1.29, 1.82) is 0 Å². The largest absolute Gasteiger partial charge is 0.272 e. The Balaban J connectivity index is 1.23. The molecule has 4 aromatic rings. The summed E-state index contributed by atoms with van der Waals surface area (Å²) < 4.78 is 1.62. The molecule has 0 saturated carbocycles. The van der Waals surface area contributed by atoms with Crippen LogP contribution in [0.1, 0.15) is 11.1 Å². The molecule has 0 fully saturated rings. The number of halogens is 1. The van der Waals surface area contributed by atoms with Gasteiger partial charge in [-0.2, -0.15) is 5.10 Å². The highest BCUT2D eigenvalue weighted by Crippen LogP contribution is 2.32. The van der Waals surface area contributed by atoms with E-state index in [1.54, 1.807) is 17.8 Å². The molecule has 0 unspecified atom stereocenters. The first-order valence-corrected chi connectivity index (χ1v) is 13.1. The zero-order valence-electron chi connectivity index (χ0n) is 17.3. The van der Waals surface area contributed by atoms with Crippen molar-refractivity contribution < 1.29 is 4.79 Å². The van der Waals surface area contributed by atoms with E-state index in [1.807, 2.05) is 36.4 Å². The highest BCUT2D eigenvalue weighted by Gasteiger charge is 2.09. The highest BCUT2D eigenvalue weighted by atomic mass is 35.5. The summed E-state index contributed by atoms with van der Waals surface area (Å²) in [4.78, 5) is 12.0. The predicted octanol–water partition coefficient (Wildman–Crippen LogP) is 6.46. The van der Waals surface area contributed by atoms with Crippen molar-refractivity contribution >= 4 is 75.4 Å². The first-order valence-electron chi connectivity index (χ1n) is 9.97. The third-order valence-corrected chi connectivity index (χ3v) is 7.87.